The number of alkyl halides is 3. The van der Waals surface area contributed by atoms with Gasteiger partial charge in [0.25, 0.3) is 0 Å². The van der Waals surface area contributed by atoms with E-state index in [4.69, 9.17) is 0 Å². The van der Waals surface area contributed by atoms with Crippen LogP contribution in [0.2, 0.25) is 0 Å². The number of anilines is 1. The summed E-state index contributed by atoms with van der Waals surface area (Å²) in [7, 11) is 2.87. The van der Waals surface area contributed by atoms with E-state index in [0.29, 0.717) is 11.0 Å². The smallest absolute Gasteiger partial charge is 0.323 e. The van der Waals surface area contributed by atoms with Gasteiger partial charge in [-0.25, -0.2) is 9.78 Å². The van der Waals surface area contributed by atoms with E-state index in [1.54, 1.807) is 0 Å². The molecule has 1 N–H and O–H groups in total. The highest BCUT2D eigenvalue weighted by atomic mass is 32.1. The van der Waals surface area contributed by atoms with E-state index < -0.39 is 17.9 Å². The summed E-state index contributed by atoms with van der Waals surface area (Å²) in [5.74, 6) is 0.415. The molecule has 1 unspecified atom stereocenters. The van der Waals surface area contributed by atoms with Crippen LogP contribution in [-0.4, -0.2) is 32.7 Å². The van der Waals surface area contributed by atoms with E-state index in [2.05, 4.69) is 22.3 Å². The SMILES string of the molecule is CCC1CCCc2sc(NC(=O)N(C)Cc3cn(C)nc3C(F)(F)F)nc21. The number of hydrogen-bond donors (Lipinski definition) is 1. The molecule has 0 saturated heterocycles. The molecule has 1 aliphatic rings. The Kier molecular flexibility index (Phi) is 5.45. The van der Waals surface area contributed by atoms with Gasteiger partial charge in [0.05, 0.1) is 12.2 Å². The van der Waals surface area contributed by atoms with Crippen LogP contribution < -0.4 is 5.32 Å². The van der Waals surface area contributed by atoms with Crippen LogP contribution in [0.1, 0.15) is 53.9 Å². The van der Waals surface area contributed by atoms with Gasteiger partial charge in [0.2, 0.25) is 0 Å². The van der Waals surface area contributed by atoms with Crippen molar-refractivity contribution in [3.8, 4) is 0 Å². The number of thiazole rings is 1. The molecular weight excluding hydrogens is 379 g/mol. The second-order valence-corrected chi connectivity index (χ2v) is 7.87. The molecular formula is C17H22F3N5OS. The van der Waals surface area contributed by atoms with Crippen molar-refractivity contribution in [1.29, 1.82) is 0 Å². The van der Waals surface area contributed by atoms with Crippen molar-refractivity contribution in [3.63, 3.8) is 0 Å². The molecule has 0 saturated carbocycles. The number of hydrogen-bond acceptors (Lipinski definition) is 4. The number of aromatic nitrogens is 3. The first-order chi connectivity index (χ1) is 12.7. The summed E-state index contributed by atoms with van der Waals surface area (Å²) in [6, 6.07) is -0.494. The molecule has 1 aliphatic carbocycles. The fourth-order valence-electron chi connectivity index (χ4n) is 3.36. The monoisotopic (exact) mass is 401 g/mol. The lowest BCUT2D eigenvalue weighted by atomic mass is 9.89. The summed E-state index contributed by atoms with van der Waals surface area (Å²) in [6.45, 7) is 1.93. The van der Waals surface area contributed by atoms with Crippen LogP contribution in [0.15, 0.2) is 6.20 Å². The maximum absolute atomic E-state index is 13.1. The van der Waals surface area contributed by atoms with Gasteiger partial charge in [0.15, 0.2) is 10.8 Å². The maximum atomic E-state index is 13.1. The molecule has 0 aromatic carbocycles. The van der Waals surface area contributed by atoms with Crippen molar-refractivity contribution in [2.75, 3.05) is 12.4 Å². The van der Waals surface area contributed by atoms with Crippen molar-refractivity contribution in [3.05, 3.63) is 28.0 Å². The van der Waals surface area contributed by atoms with Gasteiger partial charge in [-0.3, -0.25) is 10.00 Å². The number of fused-ring (bicyclic) bond motifs is 1. The maximum Gasteiger partial charge on any atom is 0.435 e. The zero-order chi connectivity index (χ0) is 19.8. The lowest BCUT2D eigenvalue weighted by molar-refractivity contribution is -0.142. The third-order valence-electron chi connectivity index (χ3n) is 4.70. The molecule has 2 aromatic rings. The van der Waals surface area contributed by atoms with Crippen molar-refractivity contribution in [1.82, 2.24) is 19.7 Å². The molecule has 27 heavy (non-hydrogen) atoms. The zero-order valence-electron chi connectivity index (χ0n) is 15.4. The van der Waals surface area contributed by atoms with Crippen LogP contribution in [0, 0.1) is 0 Å². The van der Waals surface area contributed by atoms with E-state index in [9.17, 15) is 18.0 Å². The number of nitrogens with one attached hydrogen (secondary N) is 1. The Morgan fingerprint density at radius 1 is 1.48 bits per heavy atom. The Balaban J connectivity index is 1.70. The Bertz CT molecular complexity index is 829. The van der Waals surface area contributed by atoms with Gasteiger partial charge in [-0.05, 0) is 25.7 Å². The highest BCUT2D eigenvalue weighted by Gasteiger charge is 2.37. The Labute approximate surface area is 159 Å². The molecule has 148 valence electrons. The first kappa shape index (κ1) is 19.7. The first-order valence-electron chi connectivity index (χ1n) is 8.80. The summed E-state index contributed by atoms with van der Waals surface area (Å²) in [5.41, 5.74) is 0.0330. The third kappa shape index (κ3) is 4.26. The normalized spacial score (nSPS) is 16.9. The van der Waals surface area contributed by atoms with Crippen LogP contribution in [0.25, 0.3) is 0 Å². The Morgan fingerprint density at radius 2 is 2.22 bits per heavy atom. The largest absolute Gasteiger partial charge is 0.435 e. The van der Waals surface area contributed by atoms with E-state index in [1.807, 2.05) is 0 Å². The quantitative estimate of drug-likeness (QED) is 0.827. The van der Waals surface area contributed by atoms with E-state index in [1.165, 1.54) is 41.4 Å². The summed E-state index contributed by atoms with van der Waals surface area (Å²) < 4.78 is 40.3. The van der Waals surface area contributed by atoms with Crippen LogP contribution in [0.4, 0.5) is 23.1 Å². The van der Waals surface area contributed by atoms with Crippen LogP contribution in [-0.2, 0) is 26.2 Å². The average molecular weight is 401 g/mol. The number of amides is 2. The van der Waals surface area contributed by atoms with Gasteiger partial charge in [-0.1, -0.05) is 6.92 Å². The third-order valence-corrected chi connectivity index (χ3v) is 5.75. The van der Waals surface area contributed by atoms with E-state index in [0.717, 1.165) is 36.1 Å². The minimum Gasteiger partial charge on any atom is -0.323 e. The van der Waals surface area contributed by atoms with Gasteiger partial charge in [-0.15, -0.1) is 11.3 Å². The second-order valence-electron chi connectivity index (χ2n) is 6.79. The van der Waals surface area contributed by atoms with Gasteiger partial charge in [0.1, 0.15) is 0 Å². The molecule has 3 rings (SSSR count). The number of nitrogens with zero attached hydrogens (tertiary/aromatic N) is 4. The summed E-state index contributed by atoms with van der Waals surface area (Å²) in [4.78, 5) is 19.4. The van der Waals surface area contributed by atoms with Gasteiger partial charge in [-0.2, -0.15) is 18.3 Å². The van der Waals surface area contributed by atoms with Crippen LogP contribution in [0.5, 0.6) is 0 Å². The van der Waals surface area contributed by atoms with Crippen molar-refractivity contribution in [2.45, 2.75) is 51.2 Å². The van der Waals surface area contributed by atoms with Crippen LogP contribution >= 0.6 is 11.3 Å². The fraction of sp³-hybridized carbons (Fsp3) is 0.588. The number of carbonyl (C=O) groups is 1. The standard InChI is InChI=1S/C17H22F3N5OS/c1-4-10-6-5-7-12-13(10)21-15(27-12)22-16(26)24(2)8-11-9-25(3)23-14(11)17(18,19)20/h9-10H,4-8H2,1-3H3,(H,21,22,26). The Hall–Kier alpha value is -2.10. The fourth-order valence-corrected chi connectivity index (χ4v) is 4.44. The number of aryl methyl sites for hydroxylation is 2. The van der Waals surface area contributed by atoms with E-state index >= 15 is 0 Å². The van der Waals surface area contributed by atoms with Gasteiger partial charge >= 0.3 is 12.2 Å². The second kappa shape index (κ2) is 7.49. The molecule has 0 radical (unpaired) electrons. The van der Waals surface area contributed by atoms with Gasteiger partial charge < -0.3 is 4.90 Å². The molecule has 1 atom stereocenters. The van der Waals surface area contributed by atoms with Gasteiger partial charge in [0, 0.05) is 36.7 Å². The minimum atomic E-state index is -4.56. The predicted octanol–water partition coefficient (Wildman–Crippen LogP) is 4.39. The first-order valence-corrected chi connectivity index (χ1v) is 9.62. The van der Waals surface area contributed by atoms with Crippen molar-refractivity contribution in [2.24, 2.45) is 7.05 Å². The summed E-state index contributed by atoms with van der Waals surface area (Å²) in [5, 5.41) is 6.68. The minimum absolute atomic E-state index is 0.0490. The molecule has 0 spiro atoms. The lowest BCUT2D eigenvalue weighted by Gasteiger charge is -2.18. The Morgan fingerprint density at radius 3 is 2.89 bits per heavy atom. The molecule has 0 aliphatic heterocycles. The molecule has 10 heteroatoms. The highest BCUT2D eigenvalue weighted by molar-refractivity contribution is 7.15. The molecule has 0 fully saturated rings. The average Bonchev–Trinajstić information content (AvgIpc) is 3.16. The topological polar surface area (TPSA) is 63.1 Å². The van der Waals surface area contributed by atoms with Crippen molar-refractivity contribution < 1.29 is 18.0 Å². The predicted molar refractivity (Wildman–Crippen MR) is 96.8 cm³/mol. The molecule has 6 nitrogen and oxygen atoms in total. The highest BCUT2D eigenvalue weighted by Crippen LogP contribution is 2.38. The van der Waals surface area contributed by atoms with Crippen molar-refractivity contribution >= 4 is 22.5 Å². The number of carbonyl (C=O) groups excluding carboxylic acids is 1. The summed E-state index contributed by atoms with van der Waals surface area (Å²) >= 11 is 1.45. The molecule has 2 amide bonds. The number of halogens is 3. The van der Waals surface area contributed by atoms with Crippen LogP contribution in [0.3, 0.4) is 0 Å². The number of urea groups is 1. The lowest BCUT2D eigenvalue weighted by Crippen LogP contribution is -2.31. The molecule has 2 aromatic heterocycles. The molecule has 2 heterocycles. The zero-order valence-corrected chi connectivity index (χ0v) is 16.2. The molecule has 0 bridgehead atoms. The van der Waals surface area contributed by atoms with E-state index in [-0.39, 0.29) is 12.1 Å². The number of rotatable bonds is 4. The summed E-state index contributed by atoms with van der Waals surface area (Å²) in [6.07, 6.45) is 0.896.